The molecule has 0 aliphatic rings. The Kier molecular flexibility index (Phi) is 6.96. The number of carbonyl (C=O) groups is 2. The minimum absolute atomic E-state index is 0.0798. The number of benzene rings is 1. The zero-order valence-corrected chi connectivity index (χ0v) is 15.6. The number of aryl methyl sites for hydroxylation is 2. The van der Waals surface area contributed by atoms with Crippen LogP contribution in [0.25, 0.3) is 0 Å². The summed E-state index contributed by atoms with van der Waals surface area (Å²) < 4.78 is 0.649. The molecule has 1 aromatic carbocycles. The van der Waals surface area contributed by atoms with Crippen molar-refractivity contribution in [2.45, 2.75) is 18.2 Å². The number of nitrogens with zero attached hydrogens (tertiary/aromatic N) is 2. The molecule has 0 saturated heterocycles. The van der Waals surface area contributed by atoms with Gasteiger partial charge in [-0.25, -0.2) is 4.79 Å². The van der Waals surface area contributed by atoms with Gasteiger partial charge in [-0.2, -0.15) is 0 Å². The van der Waals surface area contributed by atoms with Gasteiger partial charge in [0.25, 0.3) is 0 Å². The molecule has 9 heteroatoms. The zero-order chi connectivity index (χ0) is 18.2. The second-order valence-electron chi connectivity index (χ2n) is 5.13. The first-order valence-corrected chi connectivity index (χ1v) is 9.27. The molecule has 1 heterocycles. The van der Waals surface area contributed by atoms with Crippen molar-refractivity contribution in [2.24, 2.45) is 0 Å². The molecule has 2 rings (SSSR count). The van der Waals surface area contributed by atoms with Crippen molar-refractivity contribution in [3.05, 3.63) is 42.0 Å². The largest absolute Gasteiger partial charge is 0.357 e. The van der Waals surface area contributed by atoms with Crippen molar-refractivity contribution in [1.29, 1.82) is 0 Å². The highest BCUT2D eigenvalue weighted by molar-refractivity contribution is 8.01. The number of carbonyl (C=O) groups excluding carboxylic acids is 2. The maximum atomic E-state index is 11.9. The lowest BCUT2D eigenvalue weighted by Crippen LogP contribution is -2.35. The van der Waals surface area contributed by atoms with Crippen LogP contribution >= 0.6 is 23.1 Å². The molecule has 0 radical (unpaired) electrons. The van der Waals surface area contributed by atoms with E-state index in [1.807, 2.05) is 26.0 Å². The first-order valence-electron chi connectivity index (χ1n) is 7.47. The summed E-state index contributed by atoms with van der Waals surface area (Å²) in [4.78, 5) is 23.7. The van der Waals surface area contributed by atoms with Gasteiger partial charge in [-0.15, -0.1) is 16.8 Å². The van der Waals surface area contributed by atoms with Crippen LogP contribution in [0.5, 0.6) is 0 Å². The molecule has 0 aliphatic heterocycles. The Morgan fingerprint density at radius 1 is 1.28 bits per heavy atom. The van der Waals surface area contributed by atoms with E-state index in [0.717, 1.165) is 11.1 Å². The number of imide groups is 1. The summed E-state index contributed by atoms with van der Waals surface area (Å²) >= 11 is 2.56. The van der Waals surface area contributed by atoms with E-state index in [2.05, 4.69) is 32.7 Å². The maximum Gasteiger partial charge on any atom is 0.325 e. The van der Waals surface area contributed by atoms with Gasteiger partial charge >= 0.3 is 6.03 Å². The molecule has 3 amide bonds. The highest BCUT2D eigenvalue weighted by Gasteiger charge is 2.11. The van der Waals surface area contributed by atoms with Crippen LogP contribution in [0.1, 0.15) is 11.1 Å². The highest BCUT2D eigenvalue weighted by atomic mass is 32.2. The number of nitrogens with one attached hydrogen (secondary N) is 3. The fourth-order valence-electron chi connectivity index (χ4n) is 1.77. The van der Waals surface area contributed by atoms with Crippen LogP contribution in [-0.2, 0) is 4.79 Å². The predicted octanol–water partition coefficient (Wildman–Crippen LogP) is 3.19. The lowest BCUT2D eigenvalue weighted by atomic mass is 10.1. The van der Waals surface area contributed by atoms with Crippen LogP contribution in [0.2, 0.25) is 0 Å². The van der Waals surface area contributed by atoms with E-state index in [0.29, 0.717) is 21.7 Å². The van der Waals surface area contributed by atoms with Crippen molar-refractivity contribution >= 4 is 45.9 Å². The van der Waals surface area contributed by atoms with Crippen LogP contribution in [0.15, 0.2) is 35.2 Å². The summed E-state index contributed by atoms with van der Waals surface area (Å²) in [5, 5.41) is 16.5. The zero-order valence-electron chi connectivity index (χ0n) is 14.0. The first kappa shape index (κ1) is 18.9. The Morgan fingerprint density at radius 2 is 2.08 bits per heavy atom. The molecular weight excluding hydrogens is 358 g/mol. The van der Waals surface area contributed by atoms with E-state index >= 15 is 0 Å². The highest BCUT2D eigenvalue weighted by Crippen LogP contribution is 2.25. The fourth-order valence-corrected chi connectivity index (χ4v) is 3.33. The molecule has 2 aromatic rings. The summed E-state index contributed by atoms with van der Waals surface area (Å²) in [7, 11) is 0. The smallest absolute Gasteiger partial charge is 0.325 e. The second-order valence-corrected chi connectivity index (χ2v) is 7.33. The molecule has 0 saturated carbocycles. The lowest BCUT2D eigenvalue weighted by molar-refractivity contribution is -0.117. The van der Waals surface area contributed by atoms with Crippen LogP contribution in [0.4, 0.5) is 15.6 Å². The van der Waals surface area contributed by atoms with Gasteiger partial charge < -0.3 is 10.6 Å². The molecule has 0 fully saturated rings. The van der Waals surface area contributed by atoms with Gasteiger partial charge in [-0.05, 0) is 37.1 Å². The SMILES string of the molecule is C=CCNc1nnc(SCC(=O)NC(=O)Nc2ccc(C)c(C)c2)s1. The van der Waals surface area contributed by atoms with E-state index < -0.39 is 11.9 Å². The van der Waals surface area contributed by atoms with Crippen molar-refractivity contribution in [1.82, 2.24) is 15.5 Å². The Morgan fingerprint density at radius 3 is 2.80 bits per heavy atom. The molecule has 7 nitrogen and oxygen atoms in total. The van der Waals surface area contributed by atoms with Crippen molar-refractivity contribution in [2.75, 3.05) is 22.9 Å². The maximum absolute atomic E-state index is 11.9. The van der Waals surface area contributed by atoms with Gasteiger partial charge in [0.2, 0.25) is 11.0 Å². The third-order valence-electron chi connectivity index (χ3n) is 3.15. The second kappa shape index (κ2) is 9.19. The first-order chi connectivity index (χ1) is 12.0. The Balaban J connectivity index is 1.77. The van der Waals surface area contributed by atoms with Gasteiger partial charge in [-0.1, -0.05) is 35.2 Å². The van der Waals surface area contributed by atoms with E-state index in [9.17, 15) is 9.59 Å². The number of amides is 3. The van der Waals surface area contributed by atoms with E-state index in [4.69, 9.17) is 0 Å². The normalized spacial score (nSPS) is 10.2. The number of hydrogen-bond acceptors (Lipinski definition) is 7. The molecule has 0 bridgehead atoms. The van der Waals surface area contributed by atoms with Gasteiger partial charge in [0, 0.05) is 12.2 Å². The monoisotopic (exact) mass is 377 g/mol. The molecule has 0 atom stereocenters. The number of hydrogen-bond donors (Lipinski definition) is 3. The molecule has 0 spiro atoms. The third-order valence-corrected chi connectivity index (χ3v) is 5.16. The van der Waals surface area contributed by atoms with Crippen molar-refractivity contribution in [3.63, 3.8) is 0 Å². The Labute approximate surface area is 154 Å². The van der Waals surface area contributed by atoms with Gasteiger partial charge in [-0.3, -0.25) is 10.1 Å². The van der Waals surface area contributed by atoms with Crippen LogP contribution in [-0.4, -0.2) is 34.4 Å². The minimum atomic E-state index is -0.556. The molecule has 1 aromatic heterocycles. The summed E-state index contributed by atoms with van der Waals surface area (Å²) in [6, 6.07) is 5.00. The number of rotatable bonds is 7. The summed E-state index contributed by atoms with van der Waals surface area (Å²) in [5.74, 6) is -0.321. The van der Waals surface area contributed by atoms with Crippen LogP contribution < -0.4 is 16.0 Å². The van der Waals surface area contributed by atoms with E-state index in [1.54, 1.807) is 12.1 Å². The van der Waals surface area contributed by atoms with E-state index in [-0.39, 0.29) is 5.75 Å². The molecule has 132 valence electrons. The quantitative estimate of drug-likeness (QED) is 0.507. The predicted molar refractivity (Wildman–Crippen MR) is 102 cm³/mol. The number of thioether (sulfide) groups is 1. The molecule has 3 N–H and O–H groups in total. The molecule has 0 unspecified atom stereocenters. The third kappa shape index (κ3) is 6.20. The standard InChI is InChI=1S/C16H19N5O2S2/c1-4-7-17-15-20-21-16(25-15)24-9-13(22)19-14(23)18-12-6-5-10(2)11(3)8-12/h4-6,8H,1,7,9H2,2-3H3,(H,17,20)(H2,18,19,22,23). The number of anilines is 2. The van der Waals surface area contributed by atoms with Crippen LogP contribution in [0, 0.1) is 13.8 Å². The van der Waals surface area contributed by atoms with Gasteiger partial charge in [0.1, 0.15) is 0 Å². The van der Waals surface area contributed by atoms with Crippen LogP contribution in [0.3, 0.4) is 0 Å². The minimum Gasteiger partial charge on any atom is -0.357 e. The lowest BCUT2D eigenvalue weighted by Gasteiger charge is -2.08. The average molecular weight is 377 g/mol. The number of urea groups is 1. The Bertz CT molecular complexity index is 776. The average Bonchev–Trinajstić information content (AvgIpc) is 3.02. The van der Waals surface area contributed by atoms with Gasteiger partial charge in [0.15, 0.2) is 4.34 Å². The van der Waals surface area contributed by atoms with Crippen molar-refractivity contribution in [3.8, 4) is 0 Å². The molecule has 0 aliphatic carbocycles. The molecular formula is C16H19N5O2S2. The fraction of sp³-hybridized carbons (Fsp3) is 0.250. The van der Waals surface area contributed by atoms with Crippen molar-refractivity contribution < 1.29 is 9.59 Å². The topological polar surface area (TPSA) is 96.0 Å². The number of aromatic nitrogens is 2. The van der Waals surface area contributed by atoms with E-state index in [1.165, 1.54) is 23.1 Å². The summed E-state index contributed by atoms with van der Waals surface area (Å²) in [6.07, 6.45) is 1.72. The van der Waals surface area contributed by atoms with Gasteiger partial charge in [0.05, 0.1) is 5.75 Å². The molecule has 25 heavy (non-hydrogen) atoms. The summed E-state index contributed by atoms with van der Waals surface area (Å²) in [6.45, 7) is 8.15. The Hall–Kier alpha value is -2.39. The summed E-state index contributed by atoms with van der Waals surface area (Å²) in [5.41, 5.74) is 2.84.